The molecule has 6 heterocycles. The molecule has 0 bridgehead atoms. The molecular formula is C48H51F2N8O11PS2. The average Bonchev–Trinajstić information content (AvgIpc) is 4.17. The van der Waals surface area contributed by atoms with Crippen LogP contribution in [0.3, 0.4) is 0 Å². The smallest absolute Gasteiger partial charge is 0.370 e. The molecule has 2 unspecified atom stereocenters. The SMILES string of the molecule is NC(=O)CCC(NC(=O)[C@@H]1CC[C@@H]2CCN(C(=O)CCCCCC#Cc3cccc4c3CN(C3CCC(=O)NC3=O)C4=O)C[C@H](NC(=O)c3cc4cc(C(F)(F)P(=O)(O)O)ccc4s3)C(=O)N21)c1nccs1. The minimum absolute atomic E-state index is 0.00942. The third kappa shape index (κ3) is 11.3. The molecule has 7 N–H and O–H groups in total. The largest absolute Gasteiger partial charge is 0.399 e. The van der Waals surface area contributed by atoms with E-state index < -0.39 is 78.6 Å². The van der Waals surface area contributed by atoms with Gasteiger partial charge in [-0.25, -0.2) is 4.98 Å². The number of piperidine rings is 1. The minimum atomic E-state index is -5.88. The first kappa shape index (κ1) is 51.9. The third-order valence-corrected chi connectivity index (χ3v) is 16.3. The number of halogens is 2. The van der Waals surface area contributed by atoms with E-state index in [0.29, 0.717) is 64.9 Å². The quantitative estimate of drug-likeness (QED) is 0.0400. The van der Waals surface area contributed by atoms with Crippen LogP contribution in [-0.4, -0.2) is 114 Å². The molecule has 0 saturated carbocycles. The van der Waals surface area contributed by atoms with Crippen LogP contribution in [0.15, 0.2) is 54.0 Å². The van der Waals surface area contributed by atoms with Crippen molar-refractivity contribution in [2.24, 2.45) is 5.73 Å². The van der Waals surface area contributed by atoms with Crippen LogP contribution in [0.5, 0.6) is 0 Å². The summed E-state index contributed by atoms with van der Waals surface area (Å²) in [5.41, 5.74) is 1.82. The molecule has 5 atom stereocenters. The highest BCUT2D eigenvalue weighted by Gasteiger charge is 2.51. The fourth-order valence-corrected chi connectivity index (χ4v) is 11.8. The first-order valence-electron chi connectivity index (χ1n) is 23.4. The van der Waals surface area contributed by atoms with Crippen molar-refractivity contribution in [3.05, 3.63) is 86.2 Å². The standard InChI is InChI=1S/C48H51F2N8O11PS2/c49-48(50,70(67,68)69)29-11-16-37-28(23-29)24-38(72-37)44(64)54-34-26-56(21-19-30-12-14-36(58(30)47(34)66)43(63)53-33(13-17-39(51)59)45-52-20-22-71-45)41(61)10-5-3-1-2-4-7-27-8-6-9-31-32(27)25-57(46(31)65)35-15-18-40(60)55-42(35)62/h6,8-9,11,16,20,22-24,30,33-36H,1-3,5,10,12-15,17-19,21,25-26H2,(H2,51,59)(H,53,63)(H,54,64)(H,55,60,62)(H2,67,68,69)/t30-,33?,34+,35?,36+/m1/s1. The van der Waals surface area contributed by atoms with Crippen molar-refractivity contribution in [2.45, 2.75) is 119 Å². The summed E-state index contributed by atoms with van der Waals surface area (Å²) < 4.78 is 41.2. The fourth-order valence-electron chi connectivity index (χ4n) is 9.61. The summed E-state index contributed by atoms with van der Waals surface area (Å²) in [5, 5.41) is 10.3. The lowest BCUT2D eigenvalue weighted by molar-refractivity contribution is -0.145. The zero-order chi connectivity index (χ0) is 51.5. The van der Waals surface area contributed by atoms with E-state index in [1.54, 1.807) is 23.7 Å². The maximum absolute atomic E-state index is 14.7. The van der Waals surface area contributed by atoms with Gasteiger partial charge in [0.15, 0.2) is 0 Å². The van der Waals surface area contributed by atoms with E-state index in [-0.39, 0.29) is 86.1 Å². The van der Waals surface area contributed by atoms with E-state index in [1.165, 1.54) is 38.2 Å². The van der Waals surface area contributed by atoms with Crippen molar-refractivity contribution in [1.29, 1.82) is 0 Å². The van der Waals surface area contributed by atoms with Crippen molar-refractivity contribution >= 4 is 87.6 Å². The Hall–Kier alpha value is -6.44. The second kappa shape index (κ2) is 21.7. The summed E-state index contributed by atoms with van der Waals surface area (Å²) in [6.07, 6.45) is 5.47. The molecule has 380 valence electrons. The summed E-state index contributed by atoms with van der Waals surface area (Å²) in [6, 6.07) is 5.21. The van der Waals surface area contributed by atoms with Crippen molar-refractivity contribution in [2.75, 3.05) is 13.1 Å². The highest BCUT2D eigenvalue weighted by atomic mass is 32.1. The maximum Gasteiger partial charge on any atom is 0.399 e. The number of thiophene rings is 1. The molecule has 2 aromatic heterocycles. The number of primary amides is 1. The summed E-state index contributed by atoms with van der Waals surface area (Å²) >= 11 is 2.18. The number of unbranched alkanes of at least 4 members (excludes halogenated alkanes) is 3. The highest BCUT2D eigenvalue weighted by Crippen LogP contribution is 2.59. The van der Waals surface area contributed by atoms with Crippen molar-refractivity contribution in [3.63, 3.8) is 0 Å². The Bertz CT molecular complexity index is 2940. The van der Waals surface area contributed by atoms with Gasteiger partial charge in [-0.3, -0.25) is 48.2 Å². The molecule has 24 heteroatoms. The van der Waals surface area contributed by atoms with E-state index in [0.717, 1.165) is 23.5 Å². The number of nitrogens with two attached hydrogens (primary N) is 1. The molecule has 4 aliphatic heterocycles. The van der Waals surface area contributed by atoms with E-state index in [4.69, 9.17) is 5.73 Å². The number of hydrogen-bond acceptors (Lipinski definition) is 12. The van der Waals surface area contributed by atoms with Gasteiger partial charge >= 0.3 is 13.3 Å². The van der Waals surface area contributed by atoms with Gasteiger partial charge in [-0.1, -0.05) is 30.4 Å². The first-order chi connectivity index (χ1) is 34.3. The summed E-state index contributed by atoms with van der Waals surface area (Å²) in [4.78, 5) is 133. The number of carbonyl (C=O) groups is 8. The Kier molecular flexibility index (Phi) is 15.7. The van der Waals surface area contributed by atoms with Gasteiger partial charge in [0, 0.05) is 84.3 Å². The number of aromatic nitrogens is 1. The number of carbonyl (C=O) groups excluding carboxylic acids is 8. The maximum atomic E-state index is 14.7. The molecule has 19 nitrogen and oxygen atoms in total. The number of imide groups is 1. The number of benzene rings is 2. The molecule has 8 rings (SSSR count). The van der Waals surface area contributed by atoms with Crippen LogP contribution in [-0.2, 0) is 45.5 Å². The first-order valence-corrected chi connectivity index (χ1v) is 26.7. The molecule has 8 amide bonds. The number of nitrogens with one attached hydrogen (secondary N) is 3. The number of fused-ring (bicyclic) bond motifs is 3. The molecule has 4 aromatic rings. The molecule has 3 fully saturated rings. The van der Waals surface area contributed by atoms with E-state index in [2.05, 4.69) is 32.8 Å². The van der Waals surface area contributed by atoms with Crippen LogP contribution in [0.1, 0.15) is 125 Å². The van der Waals surface area contributed by atoms with Gasteiger partial charge in [0.25, 0.3) is 11.8 Å². The Morgan fingerprint density at radius 2 is 1.82 bits per heavy atom. The predicted molar refractivity (Wildman–Crippen MR) is 258 cm³/mol. The summed E-state index contributed by atoms with van der Waals surface area (Å²) in [7, 11) is -5.88. The molecule has 3 saturated heterocycles. The molecule has 4 aliphatic rings. The lowest BCUT2D eigenvalue weighted by atomic mass is 10.0. The van der Waals surface area contributed by atoms with Crippen molar-refractivity contribution in [1.82, 2.24) is 35.6 Å². The van der Waals surface area contributed by atoms with Crippen LogP contribution in [0.25, 0.3) is 10.1 Å². The van der Waals surface area contributed by atoms with Crippen LogP contribution < -0.4 is 21.7 Å². The van der Waals surface area contributed by atoms with Gasteiger partial charge in [0.2, 0.25) is 35.4 Å². The van der Waals surface area contributed by atoms with E-state index >= 15 is 0 Å². The third-order valence-electron chi connectivity index (χ3n) is 13.3. The lowest BCUT2D eigenvalue weighted by Gasteiger charge is -2.39. The molecule has 2 aromatic carbocycles. The van der Waals surface area contributed by atoms with Crippen molar-refractivity contribution < 1.29 is 61.5 Å². The Morgan fingerprint density at radius 3 is 2.56 bits per heavy atom. The van der Waals surface area contributed by atoms with Gasteiger partial charge < -0.3 is 40.9 Å². The van der Waals surface area contributed by atoms with Gasteiger partial charge in [0.05, 0.1) is 10.9 Å². The van der Waals surface area contributed by atoms with Crippen LogP contribution in [0, 0.1) is 11.8 Å². The topological polar surface area (TPSA) is 279 Å². The van der Waals surface area contributed by atoms with Gasteiger partial charge in [0.1, 0.15) is 23.1 Å². The van der Waals surface area contributed by atoms with E-state index in [1.807, 2.05) is 6.07 Å². The fraction of sp³-hybridized carbons (Fsp3) is 0.438. The Morgan fingerprint density at radius 1 is 1.01 bits per heavy atom. The van der Waals surface area contributed by atoms with Crippen molar-refractivity contribution in [3.8, 4) is 11.8 Å². The lowest BCUT2D eigenvalue weighted by Crippen LogP contribution is -2.61. The number of amides is 8. The summed E-state index contributed by atoms with van der Waals surface area (Å²) in [6.45, 7) is 0.146. The molecule has 0 radical (unpaired) electrons. The minimum Gasteiger partial charge on any atom is -0.370 e. The zero-order valence-electron chi connectivity index (χ0n) is 38.6. The van der Waals surface area contributed by atoms with Crippen LogP contribution >= 0.6 is 30.3 Å². The number of thiazole rings is 1. The number of rotatable bonds is 16. The second-order valence-electron chi connectivity index (χ2n) is 18.1. The Balaban J connectivity index is 0.933. The predicted octanol–water partition coefficient (Wildman–Crippen LogP) is 4.16. The van der Waals surface area contributed by atoms with Crippen LogP contribution in [0.2, 0.25) is 0 Å². The molecule has 0 spiro atoms. The monoisotopic (exact) mass is 1050 g/mol. The molecular weight excluding hydrogens is 998 g/mol. The molecule has 72 heavy (non-hydrogen) atoms. The summed E-state index contributed by atoms with van der Waals surface area (Å²) in [5.74, 6) is 2.42. The van der Waals surface area contributed by atoms with Gasteiger partial charge in [-0.05, 0) is 86.2 Å². The average molecular weight is 1050 g/mol. The molecule has 0 aliphatic carbocycles. The van der Waals surface area contributed by atoms with Gasteiger partial charge in [-0.15, -0.1) is 22.7 Å². The van der Waals surface area contributed by atoms with Gasteiger partial charge in [-0.2, -0.15) is 8.78 Å². The zero-order valence-corrected chi connectivity index (χ0v) is 41.2. The van der Waals surface area contributed by atoms with Crippen LogP contribution in [0.4, 0.5) is 8.78 Å². The normalized spacial score (nSPS) is 20.8. The number of alkyl halides is 2. The van der Waals surface area contributed by atoms with E-state index in [9.17, 15) is 61.5 Å². The number of hydrogen-bond donors (Lipinski definition) is 6. The second-order valence-corrected chi connectivity index (χ2v) is 21.8. The Labute approximate surface area is 419 Å². The number of nitrogens with zero attached hydrogens (tertiary/aromatic N) is 4. The highest BCUT2D eigenvalue weighted by molar-refractivity contribution is 7.52.